The molecule has 0 amide bonds. The maximum absolute atomic E-state index is 10.1. The van der Waals surface area contributed by atoms with E-state index in [1.165, 1.54) is 0 Å². The van der Waals surface area contributed by atoms with E-state index in [-0.39, 0.29) is 13.2 Å². The van der Waals surface area contributed by atoms with Gasteiger partial charge in [-0.2, -0.15) is 0 Å². The van der Waals surface area contributed by atoms with E-state index in [0.717, 1.165) is 0 Å². The van der Waals surface area contributed by atoms with E-state index in [2.05, 4.69) is 12.5 Å². The summed E-state index contributed by atoms with van der Waals surface area (Å²) < 4.78 is 38.8. The van der Waals surface area contributed by atoms with Crippen molar-refractivity contribution >= 4 is 7.99 Å². The molecular formula is C10H17F2O5P. The molecule has 0 heterocycles. The minimum Gasteiger partial charge on any atom is -0.388 e. The highest BCUT2D eigenvalue weighted by atomic mass is 31.2. The number of rotatable bonds is 8. The summed E-state index contributed by atoms with van der Waals surface area (Å²) in [7, 11) is -5.64. The summed E-state index contributed by atoms with van der Waals surface area (Å²) >= 11 is 0. The second kappa shape index (κ2) is 12.7. The molecule has 0 spiro atoms. The molecule has 0 aliphatic rings. The van der Waals surface area contributed by atoms with Crippen molar-refractivity contribution in [2.24, 2.45) is 0 Å². The third kappa shape index (κ3) is 29.5. The molecule has 0 saturated heterocycles. The molecule has 0 rings (SSSR count). The zero-order chi connectivity index (χ0) is 14.4. The van der Waals surface area contributed by atoms with Gasteiger partial charge >= 0.3 is 7.99 Å². The largest absolute Gasteiger partial charge is 0.549 e. The van der Waals surface area contributed by atoms with E-state index >= 15 is 0 Å². The molecule has 1 unspecified atom stereocenters. The molecule has 18 heavy (non-hydrogen) atoms. The van der Waals surface area contributed by atoms with Crippen LogP contribution in [0.15, 0.2) is 12.7 Å². The quantitative estimate of drug-likeness (QED) is 0.307. The van der Waals surface area contributed by atoms with Gasteiger partial charge in [0.2, 0.25) is 0 Å². The topological polar surface area (TPSA) is 76.0 Å². The van der Waals surface area contributed by atoms with Gasteiger partial charge in [-0.1, -0.05) is 6.08 Å². The van der Waals surface area contributed by atoms with Crippen molar-refractivity contribution in [2.45, 2.75) is 12.5 Å². The van der Waals surface area contributed by atoms with E-state index in [9.17, 15) is 13.5 Å². The first-order chi connectivity index (χ1) is 8.31. The molecule has 0 bridgehead atoms. The lowest BCUT2D eigenvalue weighted by Gasteiger charge is -2.09. The van der Waals surface area contributed by atoms with Crippen LogP contribution in [-0.4, -0.2) is 42.5 Å². The zero-order valence-corrected chi connectivity index (χ0v) is 10.7. The Morgan fingerprint density at radius 1 is 1.44 bits per heavy atom. The first-order valence-electron chi connectivity index (χ1n) is 4.91. The average Bonchev–Trinajstić information content (AvgIpc) is 2.22. The molecule has 0 aliphatic heterocycles. The monoisotopic (exact) mass is 286 g/mol. The molecule has 0 aliphatic carbocycles. The van der Waals surface area contributed by atoms with E-state index in [1.807, 2.05) is 0 Å². The van der Waals surface area contributed by atoms with Gasteiger partial charge in [0.25, 0.3) is 0 Å². The molecule has 106 valence electrons. The fraction of sp³-hybridized carbons (Fsp3) is 0.600. The summed E-state index contributed by atoms with van der Waals surface area (Å²) in [6.45, 7) is 4.94. The van der Waals surface area contributed by atoms with Crippen LogP contribution < -0.4 is 0 Å². The fourth-order valence-electron chi connectivity index (χ4n) is 0.686. The van der Waals surface area contributed by atoms with Gasteiger partial charge in [0.15, 0.2) is 0 Å². The summed E-state index contributed by atoms with van der Waals surface area (Å²) in [6, 6.07) is 0. The third-order valence-electron chi connectivity index (χ3n) is 1.25. The average molecular weight is 286 g/mol. The summed E-state index contributed by atoms with van der Waals surface area (Å²) in [5.41, 5.74) is 0. The molecule has 2 N–H and O–H groups in total. The summed E-state index contributed by atoms with van der Waals surface area (Å²) in [4.78, 5) is 6.74. The first-order valence-corrected chi connectivity index (χ1v) is 6.35. The van der Waals surface area contributed by atoms with Crippen LogP contribution in [0.25, 0.3) is 0 Å². The van der Waals surface area contributed by atoms with Crippen LogP contribution >= 0.6 is 7.99 Å². The summed E-state index contributed by atoms with van der Waals surface area (Å²) in [6.07, 6.45) is 6.63. The Morgan fingerprint density at radius 3 is 2.39 bits per heavy atom. The zero-order valence-electron chi connectivity index (χ0n) is 9.80. The number of aliphatic hydroxyl groups excluding tert-OH is 1. The Balaban J connectivity index is 0. The molecule has 0 aromatic heterocycles. The van der Waals surface area contributed by atoms with Crippen molar-refractivity contribution in [2.75, 3.05) is 26.4 Å². The Labute approximate surface area is 105 Å². The normalized spacial score (nSPS) is 11.9. The molecule has 0 fully saturated rings. The Morgan fingerprint density at radius 2 is 1.94 bits per heavy atom. The van der Waals surface area contributed by atoms with E-state index in [1.54, 1.807) is 6.08 Å². The molecule has 0 aromatic carbocycles. The van der Waals surface area contributed by atoms with Crippen LogP contribution in [-0.2, 0) is 14.0 Å². The number of hydrogen-bond acceptors (Lipinski definition) is 4. The molecule has 8 heteroatoms. The highest BCUT2D eigenvalue weighted by molar-refractivity contribution is 7.46. The minimum atomic E-state index is -5.64. The minimum absolute atomic E-state index is 0.263. The van der Waals surface area contributed by atoms with Gasteiger partial charge in [0, 0.05) is 6.42 Å². The predicted molar refractivity (Wildman–Crippen MR) is 63.3 cm³/mol. The molecule has 1 atom stereocenters. The van der Waals surface area contributed by atoms with Gasteiger partial charge in [-0.05, 0) is 0 Å². The highest BCUT2D eigenvalue weighted by Gasteiger charge is 2.09. The second-order valence-electron chi connectivity index (χ2n) is 2.94. The van der Waals surface area contributed by atoms with Crippen LogP contribution in [0.5, 0.6) is 0 Å². The first kappa shape index (κ1) is 19.6. The second-order valence-corrected chi connectivity index (χ2v) is 3.81. The van der Waals surface area contributed by atoms with Crippen molar-refractivity contribution in [3.63, 3.8) is 0 Å². The Bertz CT molecular complexity index is 278. The summed E-state index contributed by atoms with van der Waals surface area (Å²) in [5.74, 6) is 2.44. The lowest BCUT2D eigenvalue weighted by Crippen LogP contribution is -2.22. The lowest BCUT2D eigenvalue weighted by molar-refractivity contribution is -0.0116. The van der Waals surface area contributed by atoms with Gasteiger partial charge in [0.05, 0.1) is 26.4 Å². The molecule has 5 nitrogen and oxygen atoms in total. The van der Waals surface area contributed by atoms with Crippen LogP contribution in [0.1, 0.15) is 6.42 Å². The van der Waals surface area contributed by atoms with Gasteiger partial charge in [-0.15, -0.1) is 27.3 Å². The van der Waals surface area contributed by atoms with Crippen molar-refractivity contribution in [3.05, 3.63) is 12.7 Å². The van der Waals surface area contributed by atoms with Crippen LogP contribution in [0.4, 0.5) is 8.39 Å². The number of aliphatic hydroxyl groups is 1. The van der Waals surface area contributed by atoms with E-state index < -0.39 is 14.1 Å². The van der Waals surface area contributed by atoms with Gasteiger partial charge in [-0.25, -0.2) is 4.57 Å². The third-order valence-corrected chi connectivity index (χ3v) is 1.25. The van der Waals surface area contributed by atoms with Crippen LogP contribution in [0, 0.1) is 12.3 Å². The van der Waals surface area contributed by atoms with Gasteiger partial charge < -0.3 is 14.6 Å². The van der Waals surface area contributed by atoms with Crippen molar-refractivity contribution in [1.29, 1.82) is 0 Å². The lowest BCUT2D eigenvalue weighted by atomic mass is 10.4. The van der Waals surface area contributed by atoms with E-state index in [4.69, 9.17) is 25.4 Å². The maximum atomic E-state index is 10.1. The fourth-order valence-corrected chi connectivity index (χ4v) is 0.686. The van der Waals surface area contributed by atoms with Crippen LogP contribution in [0.2, 0.25) is 0 Å². The molecular weight excluding hydrogens is 269 g/mol. The highest BCUT2D eigenvalue weighted by Crippen LogP contribution is 2.43. The van der Waals surface area contributed by atoms with Crippen molar-refractivity contribution in [1.82, 2.24) is 0 Å². The Kier molecular flexibility index (Phi) is 13.8. The number of halogens is 2. The Hall–Kier alpha value is -0.770. The van der Waals surface area contributed by atoms with E-state index in [0.29, 0.717) is 19.6 Å². The maximum Gasteiger partial charge on any atom is 0.549 e. The standard InChI is InChI=1S/C10H16O3.F2HO2P/c1-3-5-7-13-9-10(11)8-12-6-4-2;1-5(2,3)4/h1,4,10-11H,2,5-9H2;(H,3,4). The molecule has 0 radical (unpaired) electrons. The smallest absolute Gasteiger partial charge is 0.388 e. The predicted octanol–water partition coefficient (Wildman–Crippen LogP) is 1.62. The number of terminal acetylenes is 1. The van der Waals surface area contributed by atoms with Gasteiger partial charge in [0.1, 0.15) is 6.10 Å². The van der Waals surface area contributed by atoms with Crippen molar-refractivity contribution < 1.29 is 32.4 Å². The molecule has 0 aromatic rings. The summed E-state index contributed by atoms with van der Waals surface area (Å²) in [5, 5.41) is 9.24. The number of ether oxygens (including phenoxy) is 2. The number of hydrogen-bond donors (Lipinski definition) is 2. The van der Waals surface area contributed by atoms with Crippen LogP contribution in [0.3, 0.4) is 0 Å². The van der Waals surface area contributed by atoms with Gasteiger partial charge in [-0.3, -0.25) is 4.89 Å². The van der Waals surface area contributed by atoms with Crippen molar-refractivity contribution in [3.8, 4) is 12.3 Å². The molecule has 0 saturated carbocycles. The SMILES string of the molecule is C#CCCOCC(O)COCC=C.O=P(O)(F)F.